The Bertz CT molecular complexity index is 1570. The summed E-state index contributed by atoms with van der Waals surface area (Å²) in [6, 6.07) is 13.8. The van der Waals surface area contributed by atoms with E-state index < -0.39 is 23.4 Å². The van der Waals surface area contributed by atoms with Crippen LogP contribution in [0.5, 0.6) is 0 Å². The Morgan fingerprint density at radius 2 is 1.56 bits per heavy atom. The maximum absolute atomic E-state index is 13.5. The molecule has 1 aliphatic rings. The van der Waals surface area contributed by atoms with E-state index in [9.17, 15) is 14.4 Å². The van der Waals surface area contributed by atoms with Crippen molar-refractivity contribution in [3.63, 3.8) is 0 Å². The lowest BCUT2D eigenvalue weighted by Crippen LogP contribution is -2.42. The smallest absolute Gasteiger partial charge is 0.338 e. The number of hydrogen-bond acceptors (Lipinski definition) is 7. The lowest BCUT2D eigenvalue weighted by Gasteiger charge is -2.27. The van der Waals surface area contributed by atoms with Crippen molar-refractivity contribution in [2.24, 2.45) is 5.73 Å². The standard InChI is InChI=1S/C26H22Cl2N2O5S/c1-3-34-25(32)20-19(15-10-6-8-12-17(15)28)21(26(33)35-4-2)24-30(22(20)29)23(31)18(36-24)13-14-9-5-7-11-16(14)27/h5-13,19H,3-4,29H2,1-2H3/b18-13-/t19-/m1/s1. The van der Waals surface area contributed by atoms with Gasteiger partial charge in [-0.2, -0.15) is 0 Å². The van der Waals surface area contributed by atoms with Gasteiger partial charge in [0.2, 0.25) is 0 Å². The highest BCUT2D eigenvalue weighted by Crippen LogP contribution is 2.40. The number of hydrogen-bond donors (Lipinski definition) is 1. The van der Waals surface area contributed by atoms with Gasteiger partial charge in [0.15, 0.2) is 0 Å². The normalized spacial score (nSPS) is 15.6. The Morgan fingerprint density at radius 1 is 0.972 bits per heavy atom. The third-order valence-electron chi connectivity index (χ3n) is 5.55. The van der Waals surface area contributed by atoms with Crippen LogP contribution in [0.25, 0.3) is 17.5 Å². The number of aromatic nitrogens is 1. The van der Waals surface area contributed by atoms with Crippen molar-refractivity contribution in [2.45, 2.75) is 19.8 Å². The van der Waals surface area contributed by atoms with Gasteiger partial charge in [0.05, 0.1) is 34.8 Å². The Labute approximate surface area is 220 Å². The number of nitrogens with two attached hydrogens (primary N) is 1. The first-order chi connectivity index (χ1) is 17.3. The van der Waals surface area contributed by atoms with Crippen molar-refractivity contribution in [3.05, 3.63) is 94.8 Å². The van der Waals surface area contributed by atoms with Crippen LogP contribution in [0.2, 0.25) is 10.0 Å². The molecule has 0 saturated heterocycles. The molecule has 0 spiro atoms. The number of rotatable bonds is 6. The summed E-state index contributed by atoms with van der Waals surface area (Å²) >= 11 is 13.9. The predicted octanol–water partition coefficient (Wildman–Crippen LogP) is 3.25. The van der Waals surface area contributed by atoms with Crippen molar-refractivity contribution in [1.82, 2.24) is 4.57 Å². The zero-order valence-corrected chi connectivity index (χ0v) is 21.7. The van der Waals surface area contributed by atoms with Crippen molar-refractivity contribution >= 4 is 63.9 Å². The molecule has 2 N–H and O–H groups in total. The number of benzene rings is 2. The van der Waals surface area contributed by atoms with Crippen LogP contribution < -0.4 is 20.5 Å². The molecule has 4 rings (SSSR count). The van der Waals surface area contributed by atoms with Gasteiger partial charge < -0.3 is 15.2 Å². The fraction of sp³-hybridized carbons (Fsp3) is 0.192. The largest absolute Gasteiger partial charge is 0.463 e. The van der Waals surface area contributed by atoms with Gasteiger partial charge in [-0.3, -0.25) is 9.36 Å². The molecule has 3 aromatic rings. The molecule has 2 aromatic carbocycles. The van der Waals surface area contributed by atoms with E-state index in [1.807, 2.05) is 0 Å². The average molecular weight is 545 g/mol. The van der Waals surface area contributed by atoms with E-state index >= 15 is 0 Å². The molecule has 7 nitrogen and oxygen atoms in total. The zero-order chi connectivity index (χ0) is 26.0. The first-order valence-electron chi connectivity index (χ1n) is 11.1. The van der Waals surface area contributed by atoms with E-state index in [0.29, 0.717) is 21.2 Å². The van der Waals surface area contributed by atoms with E-state index in [4.69, 9.17) is 38.4 Å². The summed E-state index contributed by atoms with van der Waals surface area (Å²) in [6.45, 7) is 3.47. The number of halogens is 2. The first-order valence-corrected chi connectivity index (χ1v) is 12.7. The minimum absolute atomic E-state index is 0.0651. The van der Waals surface area contributed by atoms with Crippen molar-refractivity contribution in [2.75, 3.05) is 13.2 Å². The molecule has 1 atom stereocenters. The van der Waals surface area contributed by atoms with Crippen LogP contribution in [0.1, 0.15) is 30.9 Å². The molecular formula is C26H22Cl2N2O5S. The van der Waals surface area contributed by atoms with Crippen molar-refractivity contribution in [3.8, 4) is 0 Å². The summed E-state index contributed by atoms with van der Waals surface area (Å²) < 4.78 is 12.3. The van der Waals surface area contributed by atoms with Gasteiger partial charge in [-0.25, -0.2) is 9.59 Å². The fourth-order valence-electron chi connectivity index (χ4n) is 4.02. The quantitative estimate of drug-likeness (QED) is 0.478. The van der Waals surface area contributed by atoms with Gasteiger partial charge >= 0.3 is 11.9 Å². The lowest BCUT2D eigenvalue weighted by atomic mass is 9.83. The molecule has 0 radical (unpaired) electrons. The number of ether oxygens (including phenoxy) is 2. The second kappa shape index (κ2) is 10.7. The molecule has 0 bridgehead atoms. The van der Waals surface area contributed by atoms with Crippen LogP contribution in [0.3, 0.4) is 0 Å². The van der Waals surface area contributed by atoms with Gasteiger partial charge in [-0.15, -0.1) is 11.3 Å². The maximum atomic E-state index is 13.5. The maximum Gasteiger partial charge on any atom is 0.338 e. The minimum Gasteiger partial charge on any atom is -0.463 e. The Hall–Kier alpha value is -3.33. The van der Waals surface area contributed by atoms with Gasteiger partial charge in [0, 0.05) is 10.0 Å². The van der Waals surface area contributed by atoms with E-state index in [2.05, 4.69) is 0 Å². The molecule has 0 aliphatic carbocycles. The van der Waals surface area contributed by atoms with E-state index in [1.165, 1.54) is 0 Å². The summed E-state index contributed by atoms with van der Waals surface area (Å²) in [4.78, 5) is 40.1. The molecule has 186 valence electrons. The van der Waals surface area contributed by atoms with Crippen LogP contribution >= 0.6 is 34.5 Å². The topological polar surface area (TPSA) is 101 Å². The highest BCUT2D eigenvalue weighted by molar-refractivity contribution is 7.07. The molecule has 2 heterocycles. The van der Waals surface area contributed by atoms with Crippen molar-refractivity contribution < 1.29 is 19.1 Å². The second-order valence-electron chi connectivity index (χ2n) is 7.69. The first kappa shape index (κ1) is 25.8. The van der Waals surface area contributed by atoms with E-state index in [-0.39, 0.29) is 39.4 Å². The Balaban J connectivity index is 2.15. The lowest BCUT2D eigenvalue weighted by molar-refractivity contribution is -0.138. The molecule has 1 aromatic heterocycles. The zero-order valence-electron chi connectivity index (χ0n) is 19.4. The number of nitrogens with zero attached hydrogens (tertiary/aromatic N) is 1. The molecule has 10 heteroatoms. The molecule has 36 heavy (non-hydrogen) atoms. The minimum atomic E-state index is -1.01. The molecule has 0 unspecified atom stereocenters. The van der Waals surface area contributed by atoms with Gasteiger partial charge in [-0.1, -0.05) is 59.6 Å². The number of carbonyl (C=O) groups is 2. The Morgan fingerprint density at radius 3 is 2.17 bits per heavy atom. The summed E-state index contributed by atoms with van der Waals surface area (Å²) in [5, 5.41) is 0.765. The average Bonchev–Trinajstić information content (AvgIpc) is 3.16. The Kier molecular flexibility index (Phi) is 7.68. The monoisotopic (exact) mass is 544 g/mol. The van der Waals surface area contributed by atoms with Crippen LogP contribution in [0.15, 0.2) is 58.9 Å². The van der Waals surface area contributed by atoms with Gasteiger partial charge in [-0.05, 0) is 43.2 Å². The molecule has 0 amide bonds. The second-order valence-corrected chi connectivity index (χ2v) is 9.53. The van der Waals surface area contributed by atoms with Gasteiger partial charge in [0.25, 0.3) is 5.56 Å². The van der Waals surface area contributed by atoms with E-state index in [1.54, 1.807) is 68.5 Å². The van der Waals surface area contributed by atoms with Crippen LogP contribution in [-0.4, -0.2) is 29.7 Å². The highest BCUT2D eigenvalue weighted by atomic mass is 35.5. The molecule has 0 saturated carbocycles. The number of carbonyl (C=O) groups excluding carboxylic acids is 2. The molecular weight excluding hydrogens is 523 g/mol. The van der Waals surface area contributed by atoms with Crippen LogP contribution in [0.4, 0.5) is 0 Å². The number of esters is 2. The third kappa shape index (κ3) is 4.59. The molecule has 1 aliphatic heterocycles. The number of fused-ring (bicyclic) bond motifs is 1. The van der Waals surface area contributed by atoms with E-state index in [0.717, 1.165) is 15.9 Å². The SMILES string of the molecule is CCOC(=O)C1=C(N)n2c(s/c(=C\c3ccccc3Cl)c2=O)=C(C(=O)OCC)[C@@H]1c1ccccc1Cl. The molecule has 0 fully saturated rings. The van der Waals surface area contributed by atoms with Crippen LogP contribution in [-0.2, 0) is 19.1 Å². The number of thiazole rings is 1. The summed E-state index contributed by atoms with van der Waals surface area (Å²) in [6.07, 6.45) is 1.62. The fourth-order valence-corrected chi connectivity index (χ4v) is 5.61. The van der Waals surface area contributed by atoms with Gasteiger partial charge in [0.1, 0.15) is 10.5 Å². The summed E-state index contributed by atoms with van der Waals surface area (Å²) in [7, 11) is 0. The predicted molar refractivity (Wildman–Crippen MR) is 141 cm³/mol. The van der Waals surface area contributed by atoms with Crippen molar-refractivity contribution in [1.29, 1.82) is 0 Å². The summed E-state index contributed by atoms with van der Waals surface area (Å²) in [5.74, 6) is -2.61. The highest BCUT2D eigenvalue weighted by Gasteiger charge is 2.40. The summed E-state index contributed by atoms with van der Waals surface area (Å²) in [5.41, 5.74) is 7.04. The van der Waals surface area contributed by atoms with Crippen LogP contribution in [0, 0.1) is 0 Å². The third-order valence-corrected chi connectivity index (χ3v) is 7.34.